The molecule has 0 aromatic carbocycles. The fourth-order valence-corrected chi connectivity index (χ4v) is 3.97. The van der Waals surface area contributed by atoms with Crippen LogP contribution in [0, 0.1) is 0 Å². The Morgan fingerprint density at radius 3 is 1.96 bits per heavy atom. The number of fused-ring (bicyclic) bond motifs is 3. The molecule has 3 heterocycles. The van der Waals surface area contributed by atoms with Gasteiger partial charge in [-0.3, -0.25) is 0 Å². The van der Waals surface area contributed by atoms with Crippen molar-refractivity contribution < 1.29 is 33.2 Å². The second kappa shape index (κ2) is 7.79. The molecule has 3 aliphatic heterocycles. The first kappa shape index (κ1) is 20.7. The first-order valence-corrected chi connectivity index (χ1v) is 10.0. The Hall–Kier alpha value is -0.990. The molecule has 5 atom stereocenters. The smallest absolute Gasteiger partial charge is 0.333 e. The minimum atomic E-state index is -0.684. The Morgan fingerprint density at radius 2 is 1.41 bits per heavy atom. The predicted molar refractivity (Wildman–Crippen MR) is 96.8 cm³/mol. The van der Waals surface area contributed by atoms with Crippen LogP contribution in [0.3, 0.4) is 0 Å². The van der Waals surface area contributed by atoms with Crippen LogP contribution in [0.4, 0.5) is 0 Å². The van der Waals surface area contributed by atoms with Gasteiger partial charge < -0.3 is 28.4 Å². The highest BCUT2D eigenvalue weighted by Crippen LogP contribution is 2.47. The maximum Gasteiger partial charge on any atom is 0.333 e. The number of carbonyl (C=O) groups is 1. The standard InChI is InChI=1S/C20H32O7/c1-7-19(8-2)24-14-13(11-22-17(21)12(5)6)23-18-16(15(14)25-19)26-20(9-3,10-4)27-18/h13-16,18H,5,7-11H2,1-4,6H3. The van der Waals surface area contributed by atoms with Crippen molar-refractivity contribution in [2.45, 2.75) is 103 Å². The van der Waals surface area contributed by atoms with Gasteiger partial charge in [-0.1, -0.05) is 34.3 Å². The van der Waals surface area contributed by atoms with Gasteiger partial charge in [-0.25, -0.2) is 4.79 Å². The van der Waals surface area contributed by atoms with Gasteiger partial charge in [0.15, 0.2) is 17.9 Å². The lowest BCUT2D eigenvalue weighted by Gasteiger charge is -2.36. The molecular weight excluding hydrogens is 352 g/mol. The highest BCUT2D eigenvalue weighted by molar-refractivity contribution is 5.86. The van der Waals surface area contributed by atoms with Crippen LogP contribution in [0.1, 0.15) is 60.3 Å². The van der Waals surface area contributed by atoms with E-state index in [-0.39, 0.29) is 18.8 Å². The summed E-state index contributed by atoms with van der Waals surface area (Å²) in [4.78, 5) is 11.8. The van der Waals surface area contributed by atoms with Crippen molar-refractivity contribution in [3.63, 3.8) is 0 Å². The SMILES string of the molecule is C=C(C)C(=O)OCC1OC2OC(CC)(CC)OC2C2OC(CC)(CC)OC12. The van der Waals surface area contributed by atoms with Gasteiger partial charge in [-0.05, 0) is 32.6 Å². The normalized spacial score (nSPS) is 36.1. The lowest BCUT2D eigenvalue weighted by atomic mass is 9.99. The summed E-state index contributed by atoms with van der Waals surface area (Å²) in [5, 5.41) is 0. The lowest BCUT2D eigenvalue weighted by molar-refractivity contribution is -0.250. The van der Waals surface area contributed by atoms with E-state index in [1.165, 1.54) is 0 Å². The third-order valence-electron chi connectivity index (χ3n) is 5.86. The Labute approximate surface area is 161 Å². The van der Waals surface area contributed by atoms with E-state index in [1.54, 1.807) is 6.92 Å². The van der Waals surface area contributed by atoms with Gasteiger partial charge in [-0.2, -0.15) is 0 Å². The predicted octanol–water partition coefficient (Wildman–Crippen LogP) is 3.06. The van der Waals surface area contributed by atoms with Crippen LogP contribution in [0.5, 0.6) is 0 Å². The maximum atomic E-state index is 11.8. The van der Waals surface area contributed by atoms with E-state index in [4.69, 9.17) is 28.4 Å². The van der Waals surface area contributed by atoms with E-state index in [0.717, 1.165) is 0 Å². The molecule has 0 aliphatic carbocycles. The first-order valence-electron chi connectivity index (χ1n) is 10.0. The van der Waals surface area contributed by atoms with E-state index >= 15 is 0 Å². The Balaban J connectivity index is 1.82. The van der Waals surface area contributed by atoms with Crippen LogP contribution in [-0.4, -0.2) is 54.9 Å². The van der Waals surface area contributed by atoms with E-state index in [2.05, 4.69) is 6.58 Å². The molecule has 0 aromatic rings. The summed E-state index contributed by atoms with van der Waals surface area (Å²) in [7, 11) is 0. The van der Waals surface area contributed by atoms with Gasteiger partial charge in [-0.15, -0.1) is 0 Å². The Bertz CT molecular complexity index is 567. The maximum absolute atomic E-state index is 11.8. The largest absolute Gasteiger partial charge is 0.459 e. The van der Waals surface area contributed by atoms with Gasteiger partial charge in [0, 0.05) is 5.57 Å². The summed E-state index contributed by atoms with van der Waals surface area (Å²) < 4.78 is 36.6. The molecular formula is C20H32O7. The number of ether oxygens (including phenoxy) is 6. The van der Waals surface area contributed by atoms with Crippen LogP contribution in [0.15, 0.2) is 12.2 Å². The van der Waals surface area contributed by atoms with Crippen LogP contribution in [0.25, 0.3) is 0 Å². The number of hydrogen-bond acceptors (Lipinski definition) is 7. The quantitative estimate of drug-likeness (QED) is 0.493. The van der Waals surface area contributed by atoms with Gasteiger partial charge in [0.25, 0.3) is 0 Å². The van der Waals surface area contributed by atoms with Crippen molar-refractivity contribution >= 4 is 5.97 Å². The molecule has 0 aromatic heterocycles. The van der Waals surface area contributed by atoms with Crippen LogP contribution >= 0.6 is 0 Å². The minimum Gasteiger partial charge on any atom is -0.459 e. The molecule has 3 aliphatic rings. The zero-order valence-electron chi connectivity index (χ0n) is 17.0. The Kier molecular flexibility index (Phi) is 5.99. The van der Waals surface area contributed by atoms with Gasteiger partial charge >= 0.3 is 5.97 Å². The summed E-state index contributed by atoms with van der Waals surface area (Å²) in [6.45, 7) is 13.4. The second-order valence-electron chi connectivity index (χ2n) is 7.52. The number of rotatable bonds is 7. The molecule has 3 rings (SSSR count). The summed E-state index contributed by atoms with van der Waals surface area (Å²) in [5.74, 6) is -1.82. The highest BCUT2D eigenvalue weighted by Gasteiger charge is 2.62. The molecule has 0 amide bonds. The van der Waals surface area contributed by atoms with Crippen molar-refractivity contribution in [1.29, 1.82) is 0 Å². The summed E-state index contributed by atoms with van der Waals surface area (Å²) in [6, 6.07) is 0. The number of carbonyl (C=O) groups excluding carboxylic acids is 1. The fourth-order valence-electron chi connectivity index (χ4n) is 3.97. The molecule has 7 nitrogen and oxygen atoms in total. The van der Waals surface area contributed by atoms with Crippen LogP contribution < -0.4 is 0 Å². The fraction of sp³-hybridized carbons (Fsp3) is 0.850. The number of hydrogen-bond donors (Lipinski definition) is 0. The molecule has 0 saturated carbocycles. The van der Waals surface area contributed by atoms with E-state index in [0.29, 0.717) is 31.3 Å². The monoisotopic (exact) mass is 384 g/mol. The average molecular weight is 384 g/mol. The van der Waals surface area contributed by atoms with Crippen LogP contribution in [0.2, 0.25) is 0 Å². The highest BCUT2D eigenvalue weighted by atomic mass is 16.9. The van der Waals surface area contributed by atoms with E-state index in [1.807, 2.05) is 27.7 Å². The minimum absolute atomic E-state index is 0.0531. The summed E-state index contributed by atoms with van der Waals surface area (Å²) in [6.07, 6.45) is 0.664. The number of esters is 1. The van der Waals surface area contributed by atoms with Crippen molar-refractivity contribution in [1.82, 2.24) is 0 Å². The van der Waals surface area contributed by atoms with Crippen molar-refractivity contribution in [3.8, 4) is 0 Å². The third-order valence-corrected chi connectivity index (χ3v) is 5.86. The molecule has 7 heteroatoms. The third kappa shape index (κ3) is 3.68. The summed E-state index contributed by atoms with van der Waals surface area (Å²) >= 11 is 0. The zero-order valence-corrected chi connectivity index (χ0v) is 17.0. The molecule has 5 unspecified atom stereocenters. The molecule has 0 radical (unpaired) electrons. The van der Waals surface area contributed by atoms with Crippen molar-refractivity contribution in [2.75, 3.05) is 6.61 Å². The molecule has 0 spiro atoms. The Morgan fingerprint density at radius 1 is 0.889 bits per heavy atom. The molecule has 3 saturated heterocycles. The average Bonchev–Trinajstić information content (AvgIpc) is 3.25. The lowest BCUT2D eigenvalue weighted by Crippen LogP contribution is -2.56. The van der Waals surface area contributed by atoms with E-state index in [9.17, 15) is 4.79 Å². The van der Waals surface area contributed by atoms with Gasteiger partial charge in [0.2, 0.25) is 0 Å². The zero-order chi connectivity index (χ0) is 19.8. The second-order valence-corrected chi connectivity index (χ2v) is 7.52. The molecule has 3 fully saturated rings. The van der Waals surface area contributed by atoms with Crippen LogP contribution in [-0.2, 0) is 33.2 Å². The first-order chi connectivity index (χ1) is 12.8. The van der Waals surface area contributed by atoms with Gasteiger partial charge in [0.1, 0.15) is 31.0 Å². The molecule has 0 N–H and O–H groups in total. The van der Waals surface area contributed by atoms with E-state index < -0.39 is 36.0 Å². The topological polar surface area (TPSA) is 72.5 Å². The molecule has 0 bridgehead atoms. The summed E-state index contributed by atoms with van der Waals surface area (Å²) in [5.41, 5.74) is 0.344. The van der Waals surface area contributed by atoms with Gasteiger partial charge in [0.05, 0.1) is 0 Å². The molecule has 154 valence electrons. The molecule has 27 heavy (non-hydrogen) atoms. The van der Waals surface area contributed by atoms with Crippen molar-refractivity contribution in [2.24, 2.45) is 0 Å². The van der Waals surface area contributed by atoms with Crippen molar-refractivity contribution in [3.05, 3.63) is 12.2 Å².